The summed E-state index contributed by atoms with van der Waals surface area (Å²) in [6.45, 7) is 1.36. The highest BCUT2D eigenvalue weighted by atomic mass is 16.5. The minimum Gasteiger partial charge on any atom is -0.469 e. The molecule has 0 radical (unpaired) electrons. The molecular formula is C24H29N5O5. The van der Waals surface area contributed by atoms with Crippen LogP contribution in [-0.4, -0.2) is 68.5 Å². The first-order valence-corrected chi connectivity index (χ1v) is 11.9. The number of carbonyl (C=O) groups excluding carboxylic acids is 4. The molecular weight excluding hydrogens is 438 g/mol. The summed E-state index contributed by atoms with van der Waals surface area (Å²) in [4.78, 5) is 56.5. The molecule has 1 aliphatic heterocycles. The zero-order chi connectivity index (χ0) is 24.0. The number of hydrogen-bond acceptors (Lipinski definition) is 7. The predicted octanol–water partition coefficient (Wildman–Crippen LogP) is 1.47. The summed E-state index contributed by atoms with van der Waals surface area (Å²) in [5.74, 6) is -0.648. The predicted molar refractivity (Wildman–Crippen MR) is 121 cm³/mol. The van der Waals surface area contributed by atoms with E-state index in [1.165, 1.54) is 18.7 Å². The standard InChI is InChI=1S/C24H29N5O5/c1-13(30)21-17-7-4-8-25-22(17)28(27-21)12-20(31)29-18-10-15(18)11-19(29)23(32)26-16-6-3-5-14(9-16)24(33)34-2/h4,7-8,14-16,18-19H,3,5-6,9-12H2,1-2H3,(H,26,32)/t14-,15-,16+,18-,19+/m1/s1. The summed E-state index contributed by atoms with van der Waals surface area (Å²) in [7, 11) is 1.39. The third-order valence-electron chi connectivity index (χ3n) is 7.38. The van der Waals surface area contributed by atoms with Gasteiger partial charge in [-0.15, -0.1) is 0 Å². The normalized spacial score (nSPS) is 27.8. The number of hydrogen-bond donors (Lipinski definition) is 1. The van der Waals surface area contributed by atoms with E-state index in [4.69, 9.17) is 4.74 Å². The van der Waals surface area contributed by atoms with Gasteiger partial charge in [0.2, 0.25) is 11.8 Å². The van der Waals surface area contributed by atoms with E-state index in [9.17, 15) is 19.2 Å². The number of amides is 2. The average Bonchev–Trinajstić information content (AvgIpc) is 3.33. The Bertz CT molecular complexity index is 1160. The number of fused-ring (bicyclic) bond motifs is 2. The van der Waals surface area contributed by atoms with Crippen molar-refractivity contribution < 1.29 is 23.9 Å². The van der Waals surface area contributed by atoms with Crippen LogP contribution >= 0.6 is 0 Å². The van der Waals surface area contributed by atoms with Gasteiger partial charge in [-0.3, -0.25) is 19.2 Å². The Morgan fingerprint density at radius 2 is 2.00 bits per heavy atom. The number of rotatable bonds is 6. The van der Waals surface area contributed by atoms with E-state index in [1.54, 1.807) is 23.2 Å². The van der Waals surface area contributed by atoms with Crippen LogP contribution in [0.25, 0.3) is 11.0 Å². The van der Waals surface area contributed by atoms with Gasteiger partial charge in [-0.05, 0) is 50.2 Å². The van der Waals surface area contributed by atoms with E-state index in [0.717, 1.165) is 25.7 Å². The number of ketones is 1. The third-order valence-corrected chi connectivity index (χ3v) is 7.38. The molecule has 10 heteroatoms. The van der Waals surface area contributed by atoms with Gasteiger partial charge >= 0.3 is 5.97 Å². The largest absolute Gasteiger partial charge is 0.469 e. The van der Waals surface area contributed by atoms with Crippen LogP contribution in [0, 0.1) is 11.8 Å². The van der Waals surface area contributed by atoms with E-state index >= 15 is 0 Å². The van der Waals surface area contributed by atoms with Crippen LogP contribution < -0.4 is 5.32 Å². The van der Waals surface area contributed by atoms with Crippen molar-refractivity contribution in [2.75, 3.05) is 7.11 Å². The van der Waals surface area contributed by atoms with Crippen molar-refractivity contribution in [2.24, 2.45) is 11.8 Å². The molecule has 0 unspecified atom stereocenters. The minimum atomic E-state index is -0.531. The monoisotopic (exact) mass is 467 g/mol. The lowest BCUT2D eigenvalue weighted by Crippen LogP contribution is -2.52. The lowest BCUT2D eigenvalue weighted by atomic mass is 9.85. The van der Waals surface area contributed by atoms with Crippen LogP contribution in [0.1, 0.15) is 55.9 Å². The minimum absolute atomic E-state index is 0.0690. The second kappa shape index (κ2) is 8.81. The molecule has 2 amide bonds. The molecule has 2 saturated carbocycles. The van der Waals surface area contributed by atoms with Gasteiger partial charge in [0.1, 0.15) is 18.3 Å². The first-order valence-electron chi connectivity index (χ1n) is 11.9. The highest BCUT2D eigenvalue weighted by Crippen LogP contribution is 2.48. The van der Waals surface area contributed by atoms with Gasteiger partial charge < -0.3 is 15.0 Å². The lowest BCUT2D eigenvalue weighted by molar-refractivity contribution is -0.147. The van der Waals surface area contributed by atoms with Crippen molar-refractivity contribution in [3.8, 4) is 0 Å². The number of nitrogens with zero attached hydrogens (tertiary/aromatic N) is 4. The number of piperidine rings is 1. The summed E-state index contributed by atoms with van der Waals surface area (Å²) in [5, 5.41) is 8.05. The molecule has 34 heavy (non-hydrogen) atoms. The number of likely N-dealkylation sites (tertiary alicyclic amines) is 1. The van der Waals surface area contributed by atoms with E-state index < -0.39 is 6.04 Å². The molecule has 0 aromatic carbocycles. The van der Waals surface area contributed by atoms with Gasteiger partial charge in [0.15, 0.2) is 11.4 Å². The number of esters is 1. The molecule has 5 atom stereocenters. The van der Waals surface area contributed by atoms with Crippen molar-refractivity contribution in [3.05, 3.63) is 24.0 Å². The number of pyridine rings is 1. The maximum absolute atomic E-state index is 13.4. The maximum atomic E-state index is 13.4. The first kappa shape index (κ1) is 22.5. The second-order valence-electron chi connectivity index (χ2n) is 9.64. The Labute approximate surface area is 197 Å². The van der Waals surface area contributed by atoms with Gasteiger partial charge in [0.25, 0.3) is 0 Å². The van der Waals surface area contributed by atoms with E-state index in [-0.39, 0.29) is 53.8 Å². The molecule has 1 N–H and O–H groups in total. The Morgan fingerprint density at radius 3 is 2.76 bits per heavy atom. The molecule has 2 aromatic heterocycles. The lowest BCUT2D eigenvalue weighted by Gasteiger charge is -2.32. The molecule has 1 saturated heterocycles. The molecule has 0 bridgehead atoms. The van der Waals surface area contributed by atoms with Gasteiger partial charge in [-0.25, -0.2) is 9.67 Å². The maximum Gasteiger partial charge on any atom is 0.308 e. The van der Waals surface area contributed by atoms with Crippen molar-refractivity contribution >= 4 is 34.6 Å². The summed E-state index contributed by atoms with van der Waals surface area (Å²) in [6.07, 6.45) is 6.14. The van der Waals surface area contributed by atoms with Crippen molar-refractivity contribution in [1.82, 2.24) is 25.0 Å². The fourth-order valence-corrected chi connectivity index (χ4v) is 5.64. The van der Waals surface area contributed by atoms with Gasteiger partial charge in [-0.1, -0.05) is 6.42 Å². The van der Waals surface area contributed by atoms with Crippen LogP contribution in [0.3, 0.4) is 0 Å². The zero-order valence-corrected chi connectivity index (χ0v) is 19.4. The molecule has 3 fully saturated rings. The average molecular weight is 468 g/mol. The van der Waals surface area contributed by atoms with Crippen LogP contribution in [0.15, 0.2) is 18.3 Å². The molecule has 2 aliphatic carbocycles. The summed E-state index contributed by atoms with van der Waals surface area (Å²) >= 11 is 0. The number of methoxy groups -OCH3 is 1. The first-order chi connectivity index (χ1) is 16.4. The Hall–Kier alpha value is -3.30. The molecule has 2 aromatic rings. The van der Waals surface area contributed by atoms with E-state index in [2.05, 4.69) is 15.4 Å². The molecule has 3 aliphatic rings. The fourth-order valence-electron chi connectivity index (χ4n) is 5.64. The Kier molecular flexibility index (Phi) is 5.83. The summed E-state index contributed by atoms with van der Waals surface area (Å²) in [5.41, 5.74) is 0.762. The summed E-state index contributed by atoms with van der Waals surface area (Å²) in [6, 6.07) is 2.93. The van der Waals surface area contributed by atoms with Crippen molar-refractivity contribution in [3.63, 3.8) is 0 Å². The van der Waals surface area contributed by atoms with E-state index in [1.807, 2.05) is 0 Å². The van der Waals surface area contributed by atoms with Crippen molar-refractivity contribution in [2.45, 2.75) is 70.1 Å². The number of ether oxygens (including phenoxy) is 1. The molecule has 5 rings (SSSR count). The molecule has 0 spiro atoms. The van der Waals surface area contributed by atoms with Crippen LogP contribution in [-0.2, 0) is 25.7 Å². The van der Waals surface area contributed by atoms with Crippen LogP contribution in [0.5, 0.6) is 0 Å². The number of nitrogens with one attached hydrogen (secondary N) is 1. The number of aromatic nitrogens is 3. The fraction of sp³-hybridized carbons (Fsp3) is 0.583. The van der Waals surface area contributed by atoms with Gasteiger partial charge in [-0.2, -0.15) is 5.10 Å². The molecule has 10 nitrogen and oxygen atoms in total. The smallest absolute Gasteiger partial charge is 0.308 e. The second-order valence-corrected chi connectivity index (χ2v) is 9.64. The SMILES string of the molecule is COC(=O)[C@@H]1CCC[C@H](NC(=O)[C@@H]2C[C@H]3C[C@H]3N2C(=O)Cn2nc(C(C)=O)c3cccnc32)C1. The highest BCUT2D eigenvalue weighted by Gasteiger charge is 2.56. The molecule has 3 heterocycles. The highest BCUT2D eigenvalue weighted by molar-refractivity contribution is 6.04. The molecule has 180 valence electrons. The van der Waals surface area contributed by atoms with Crippen molar-refractivity contribution in [1.29, 1.82) is 0 Å². The van der Waals surface area contributed by atoms with Crippen LogP contribution in [0.4, 0.5) is 0 Å². The quantitative estimate of drug-likeness (QED) is 0.504. The number of carbonyl (C=O) groups is 4. The van der Waals surface area contributed by atoms with Crippen LogP contribution in [0.2, 0.25) is 0 Å². The summed E-state index contributed by atoms with van der Waals surface area (Å²) < 4.78 is 6.34. The number of Topliss-reactive ketones (excluding diaryl/α,β-unsaturated/α-hetero) is 1. The topological polar surface area (TPSA) is 123 Å². The van der Waals surface area contributed by atoms with Gasteiger partial charge in [0, 0.05) is 25.2 Å². The van der Waals surface area contributed by atoms with E-state index in [0.29, 0.717) is 29.8 Å². The Balaban J connectivity index is 1.29. The zero-order valence-electron chi connectivity index (χ0n) is 19.4. The van der Waals surface area contributed by atoms with Gasteiger partial charge in [0.05, 0.1) is 18.4 Å². The third kappa shape index (κ3) is 4.05. The Morgan fingerprint density at radius 1 is 1.18 bits per heavy atom.